The van der Waals surface area contributed by atoms with Gasteiger partial charge in [0.25, 0.3) is 0 Å². The van der Waals surface area contributed by atoms with Crippen LogP contribution in [0.2, 0.25) is 0 Å². The molecule has 0 bridgehead atoms. The van der Waals surface area contributed by atoms with Crippen LogP contribution in [0.5, 0.6) is 5.75 Å². The maximum absolute atomic E-state index is 11.7. The molecule has 108 valence electrons. The number of fused-ring (bicyclic) bond motifs is 1. The van der Waals surface area contributed by atoms with Crippen molar-refractivity contribution in [1.29, 1.82) is 0 Å². The fourth-order valence-corrected chi connectivity index (χ4v) is 2.87. The van der Waals surface area contributed by atoms with Crippen molar-refractivity contribution in [2.24, 2.45) is 5.73 Å². The molecule has 21 heavy (non-hydrogen) atoms. The third kappa shape index (κ3) is 2.57. The van der Waals surface area contributed by atoms with E-state index in [4.69, 9.17) is 10.5 Å². The Kier molecular flexibility index (Phi) is 3.52. The molecule has 0 fully saturated rings. The lowest BCUT2D eigenvalue weighted by atomic mass is 10.1. The summed E-state index contributed by atoms with van der Waals surface area (Å²) in [6.45, 7) is 0.641. The van der Waals surface area contributed by atoms with E-state index in [0.29, 0.717) is 13.0 Å². The normalized spacial score (nSPS) is 16.6. The second kappa shape index (κ2) is 5.48. The Balaban J connectivity index is 1.92. The summed E-state index contributed by atoms with van der Waals surface area (Å²) in [6.07, 6.45) is 0.676. The van der Waals surface area contributed by atoms with Gasteiger partial charge >= 0.3 is 0 Å². The van der Waals surface area contributed by atoms with Gasteiger partial charge in [0.05, 0.1) is 7.11 Å². The summed E-state index contributed by atoms with van der Waals surface area (Å²) in [5.74, 6) is 0.532. The van der Waals surface area contributed by atoms with Gasteiger partial charge in [0.2, 0.25) is 5.91 Å². The number of rotatable bonds is 4. The minimum Gasteiger partial charge on any atom is -0.497 e. The van der Waals surface area contributed by atoms with Crippen molar-refractivity contribution in [2.75, 3.05) is 12.0 Å². The van der Waals surface area contributed by atoms with E-state index in [9.17, 15) is 4.79 Å². The minimum absolute atomic E-state index is 0.283. The van der Waals surface area contributed by atoms with Crippen molar-refractivity contribution in [3.63, 3.8) is 0 Å². The van der Waals surface area contributed by atoms with Crippen LogP contribution in [0.15, 0.2) is 48.5 Å². The molecule has 4 heteroatoms. The second-order valence-corrected chi connectivity index (χ2v) is 5.23. The number of nitrogens with zero attached hydrogens (tertiary/aromatic N) is 1. The smallest absolute Gasteiger partial charge is 0.240 e. The van der Waals surface area contributed by atoms with Gasteiger partial charge in [-0.2, -0.15) is 0 Å². The number of carbonyl (C=O) groups is 1. The maximum atomic E-state index is 11.7. The van der Waals surface area contributed by atoms with Gasteiger partial charge in [0, 0.05) is 18.7 Å². The van der Waals surface area contributed by atoms with Gasteiger partial charge in [0.15, 0.2) is 0 Å². The third-order valence-corrected chi connectivity index (χ3v) is 3.91. The molecule has 2 N–H and O–H groups in total. The lowest BCUT2D eigenvalue weighted by Crippen LogP contribution is -2.42. The van der Waals surface area contributed by atoms with Crippen molar-refractivity contribution >= 4 is 11.6 Å². The molecule has 2 aromatic carbocycles. The number of amides is 1. The summed E-state index contributed by atoms with van der Waals surface area (Å²) >= 11 is 0. The molecule has 0 aromatic heterocycles. The number of benzene rings is 2. The Morgan fingerprint density at radius 1 is 1.29 bits per heavy atom. The molecule has 4 nitrogen and oxygen atoms in total. The molecule has 1 amide bonds. The number of methoxy groups -OCH3 is 1. The zero-order valence-corrected chi connectivity index (χ0v) is 12.0. The van der Waals surface area contributed by atoms with Gasteiger partial charge in [-0.05, 0) is 29.3 Å². The van der Waals surface area contributed by atoms with Gasteiger partial charge in [-0.25, -0.2) is 0 Å². The number of nitrogens with two attached hydrogens (primary N) is 1. The number of hydrogen-bond acceptors (Lipinski definition) is 3. The fourth-order valence-electron chi connectivity index (χ4n) is 2.87. The molecule has 1 atom stereocenters. The number of ether oxygens (including phenoxy) is 1. The van der Waals surface area contributed by atoms with Gasteiger partial charge in [-0.15, -0.1) is 0 Å². The van der Waals surface area contributed by atoms with Crippen LogP contribution in [0.4, 0.5) is 5.69 Å². The predicted molar refractivity (Wildman–Crippen MR) is 82.3 cm³/mol. The average Bonchev–Trinajstić information content (AvgIpc) is 2.87. The standard InChI is InChI=1S/C17H18N2O2/c1-21-14-7-4-5-12(9-14)11-19-15-8-3-2-6-13(15)10-16(19)17(18)20/h2-9,16H,10-11H2,1H3,(H2,18,20)/t16-/m0/s1. The summed E-state index contributed by atoms with van der Waals surface area (Å²) in [7, 11) is 1.65. The maximum Gasteiger partial charge on any atom is 0.240 e. The molecule has 3 rings (SSSR count). The number of hydrogen-bond donors (Lipinski definition) is 1. The number of anilines is 1. The number of primary amides is 1. The largest absolute Gasteiger partial charge is 0.497 e. The molecule has 0 radical (unpaired) electrons. The van der Waals surface area contributed by atoms with E-state index < -0.39 is 0 Å². The van der Waals surface area contributed by atoms with Crippen LogP contribution in [0.25, 0.3) is 0 Å². The summed E-state index contributed by atoms with van der Waals surface area (Å²) in [6, 6.07) is 15.7. The first kappa shape index (κ1) is 13.5. The lowest BCUT2D eigenvalue weighted by Gasteiger charge is -2.25. The Hall–Kier alpha value is -2.49. The molecule has 2 aromatic rings. The highest BCUT2D eigenvalue weighted by Crippen LogP contribution is 2.33. The van der Waals surface area contributed by atoms with Gasteiger partial charge in [-0.1, -0.05) is 30.3 Å². The topological polar surface area (TPSA) is 55.6 Å². The molecule has 0 saturated heterocycles. The zero-order valence-electron chi connectivity index (χ0n) is 12.0. The molecule has 0 unspecified atom stereocenters. The molecule has 0 aliphatic carbocycles. The van der Waals surface area contributed by atoms with Crippen LogP contribution < -0.4 is 15.4 Å². The third-order valence-electron chi connectivity index (χ3n) is 3.91. The van der Waals surface area contributed by atoms with E-state index in [2.05, 4.69) is 11.0 Å². The van der Waals surface area contributed by atoms with Crippen molar-refractivity contribution < 1.29 is 9.53 Å². The van der Waals surface area contributed by atoms with Gasteiger partial charge in [0.1, 0.15) is 11.8 Å². The van der Waals surface area contributed by atoms with E-state index in [0.717, 1.165) is 17.0 Å². The summed E-state index contributed by atoms with van der Waals surface area (Å²) < 4.78 is 5.25. The molecule has 1 aliphatic heterocycles. The first-order valence-corrected chi connectivity index (χ1v) is 6.96. The predicted octanol–water partition coefficient (Wildman–Crippen LogP) is 2.11. The van der Waals surface area contributed by atoms with Gasteiger partial charge in [-0.3, -0.25) is 4.79 Å². The zero-order chi connectivity index (χ0) is 14.8. The molecule has 1 heterocycles. The Morgan fingerprint density at radius 2 is 2.10 bits per heavy atom. The minimum atomic E-state index is -0.284. The van der Waals surface area contributed by atoms with Crippen molar-refractivity contribution in [3.05, 3.63) is 59.7 Å². The highest BCUT2D eigenvalue weighted by molar-refractivity contribution is 5.86. The van der Waals surface area contributed by atoms with Crippen LogP contribution in [0, 0.1) is 0 Å². The van der Waals surface area contributed by atoms with Crippen molar-refractivity contribution in [3.8, 4) is 5.75 Å². The number of para-hydroxylation sites is 1. The summed E-state index contributed by atoms with van der Waals surface area (Å²) in [4.78, 5) is 13.8. The first-order chi connectivity index (χ1) is 10.2. The average molecular weight is 282 g/mol. The molecular weight excluding hydrogens is 264 g/mol. The molecule has 0 spiro atoms. The lowest BCUT2D eigenvalue weighted by molar-refractivity contribution is -0.119. The molecule has 0 saturated carbocycles. The Morgan fingerprint density at radius 3 is 2.86 bits per heavy atom. The van der Waals surface area contributed by atoms with Crippen molar-refractivity contribution in [2.45, 2.75) is 19.0 Å². The molecular formula is C17H18N2O2. The molecule has 1 aliphatic rings. The van der Waals surface area contributed by atoms with E-state index in [1.54, 1.807) is 7.11 Å². The van der Waals surface area contributed by atoms with Crippen LogP contribution >= 0.6 is 0 Å². The number of carbonyl (C=O) groups excluding carboxylic acids is 1. The van der Waals surface area contributed by atoms with E-state index in [1.807, 2.05) is 42.5 Å². The van der Waals surface area contributed by atoms with Crippen LogP contribution in [0.3, 0.4) is 0 Å². The van der Waals surface area contributed by atoms with Crippen molar-refractivity contribution in [1.82, 2.24) is 0 Å². The summed E-state index contributed by atoms with van der Waals surface area (Å²) in [5, 5.41) is 0. The van der Waals surface area contributed by atoms with E-state index in [1.165, 1.54) is 5.56 Å². The Bertz CT molecular complexity index is 669. The van der Waals surface area contributed by atoms with E-state index in [-0.39, 0.29) is 11.9 Å². The van der Waals surface area contributed by atoms with Crippen LogP contribution in [0.1, 0.15) is 11.1 Å². The van der Waals surface area contributed by atoms with Gasteiger partial charge < -0.3 is 15.4 Å². The highest BCUT2D eigenvalue weighted by Gasteiger charge is 2.32. The monoisotopic (exact) mass is 282 g/mol. The van der Waals surface area contributed by atoms with Crippen LogP contribution in [-0.4, -0.2) is 19.1 Å². The summed E-state index contributed by atoms with van der Waals surface area (Å²) in [5.41, 5.74) is 8.92. The SMILES string of the molecule is COc1cccc(CN2c3ccccc3C[C@H]2C(N)=O)c1. The second-order valence-electron chi connectivity index (χ2n) is 5.23. The van der Waals surface area contributed by atoms with Crippen LogP contribution in [-0.2, 0) is 17.8 Å². The Labute approximate surface area is 124 Å². The quantitative estimate of drug-likeness (QED) is 0.934. The fraction of sp³-hybridized carbons (Fsp3) is 0.235. The van der Waals surface area contributed by atoms with E-state index >= 15 is 0 Å². The highest BCUT2D eigenvalue weighted by atomic mass is 16.5. The first-order valence-electron chi connectivity index (χ1n) is 6.96.